The topological polar surface area (TPSA) is 26.3 Å². The molecule has 5 heteroatoms. The number of unbranched alkanes of at least 4 members (excludes halogenated alkanes) is 10. The molecule has 0 aliphatic heterocycles. The van der Waals surface area contributed by atoms with Crippen molar-refractivity contribution in [2.75, 3.05) is 6.61 Å². The van der Waals surface area contributed by atoms with Crippen LogP contribution in [-0.4, -0.2) is 26.6 Å². The monoisotopic (exact) mass is 378 g/mol. The lowest BCUT2D eigenvalue weighted by Crippen LogP contribution is -2.05. The van der Waals surface area contributed by atoms with Gasteiger partial charge in [0.25, 0.3) is 0 Å². The van der Waals surface area contributed by atoms with Crippen molar-refractivity contribution in [2.45, 2.75) is 88.1 Å². The molecule has 0 atom stereocenters. The van der Waals surface area contributed by atoms with Crippen molar-refractivity contribution >= 4 is 38.7 Å². The molecular formula is C18H32Cl2O2Si. The zero-order valence-electron chi connectivity index (χ0n) is 14.5. The highest BCUT2D eigenvalue weighted by Gasteiger charge is 2.02. The van der Waals surface area contributed by atoms with Crippen LogP contribution in [0.5, 0.6) is 0 Å². The van der Waals surface area contributed by atoms with E-state index in [0.717, 1.165) is 12.8 Å². The van der Waals surface area contributed by atoms with Crippen molar-refractivity contribution < 1.29 is 9.53 Å². The molecule has 2 radical (unpaired) electrons. The van der Waals surface area contributed by atoms with E-state index in [-0.39, 0.29) is 10.4 Å². The van der Waals surface area contributed by atoms with Crippen LogP contribution in [0.3, 0.4) is 0 Å². The van der Waals surface area contributed by atoms with Crippen molar-refractivity contribution in [2.24, 2.45) is 0 Å². The molecule has 0 aromatic carbocycles. The summed E-state index contributed by atoms with van der Waals surface area (Å²) in [7, 11) is 0.696. The van der Waals surface area contributed by atoms with Crippen LogP contribution in [0.25, 0.3) is 0 Å². The average Bonchev–Trinajstić information content (AvgIpc) is 2.50. The second-order valence-electron chi connectivity index (χ2n) is 6.06. The van der Waals surface area contributed by atoms with Crippen molar-refractivity contribution in [1.29, 1.82) is 0 Å². The van der Waals surface area contributed by atoms with Crippen LogP contribution < -0.4 is 0 Å². The van der Waals surface area contributed by atoms with E-state index in [1.807, 2.05) is 0 Å². The molecule has 0 heterocycles. The Balaban J connectivity index is 3.08. The zero-order valence-corrected chi connectivity index (χ0v) is 17.1. The molecule has 0 spiro atoms. The van der Waals surface area contributed by atoms with Crippen LogP contribution in [-0.2, 0) is 9.53 Å². The fraction of sp³-hybridized carbons (Fsp3) is 0.833. The molecule has 0 aromatic heterocycles. The van der Waals surface area contributed by atoms with Crippen molar-refractivity contribution in [3.8, 4) is 0 Å². The summed E-state index contributed by atoms with van der Waals surface area (Å²) in [6.07, 6.45) is 13.9. The lowest BCUT2D eigenvalue weighted by atomic mass is 10.1. The van der Waals surface area contributed by atoms with Crippen LogP contribution in [0.4, 0.5) is 0 Å². The number of carbonyl (C=O) groups is 1. The maximum atomic E-state index is 11.2. The summed E-state index contributed by atoms with van der Waals surface area (Å²) in [6.45, 7) is 5.77. The molecule has 0 fully saturated rings. The van der Waals surface area contributed by atoms with Gasteiger partial charge in [-0.1, -0.05) is 76.8 Å². The number of carbonyl (C=O) groups excluding carboxylic acids is 1. The maximum absolute atomic E-state index is 11.2. The lowest BCUT2D eigenvalue weighted by Gasteiger charge is -2.05. The summed E-state index contributed by atoms with van der Waals surface area (Å²) in [5.74, 6) is -0.268. The Morgan fingerprint density at radius 1 is 0.913 bits per heavy atom. The summed E-state index contributed by atoms with van der Waals surface area (Å²) >= 11 is 11.4. The predicted octanol–water partition coefficient (Wildman–Crippen LogP) is 6.28. The minimum Gasteiger partial charge on any atom is -0.462 e. The van der Waals surface area contributed by atoms with Gasteiger partial charge in [-0.3, -0.25) is 0 Å². The highest BCUT2D eigenvalue weighted by Crippen LogP contribution is 2.13. The molecule has 0 aromatic rings. The minimum atomic E-state index is -0.268. The van der Waals surface area contributed by atoms with Gasteiger partial charge in [-0.25, -0.2) is 4.79 Å². The van der Waals surface area contributed by atoms with E-state index >= 15 is 0 Å². The van der Waals surface area contributed by atoms with E-state index in [2.05, 4.69) is 6.58 Å². The normalized spacial score (nSPS) is 11.0. The van der Waals surface area contributed by atoms with Gasteiger partial charge >= 0.3 is 5.97 Å². The first kappa shape index (κ1) is 23.0. The smallest absolute Gasteiger partial charge is 0.333 e. The molecule has 0 bridgehead atoms. The fourth-order valence-corrected chi connectivity index (χ4v) is 3.64. The number of hydrogen-bond acceptors (Lipinski definition) is 2. The molecule has 0 amide bonds. The molecule has 0 aliphatic carbocycles. The van der Waals surface area contributed by atoms with Gasteiger partial charge in [0.2, 0.25) is 0 Å². The van der Waals surface area contributed by atoms with Gasteiger partial charge in [0.15, 0.2) is 0 Å². The third-order valence-corrected chi connectivity index (χ3v) is 5.58. The summed E-state index contributed by atoms with van der Waals surface area (Å²) in [6, 6.07) is 1.18. The highest BCUT2D eigenvalue weighted by molar-refractivity contribution is 6.68. The maximum Gasteiger partial charge on any atom is 0.333 e. The highest BCUT2D eigenvalue weighted by atomic mass is 35.5. The van der Waals surface area contributed by atoms with Crippen LogP contribution in [0.15, 0.2) is 12.2 Å². The molecule has 0 N–H and O–H groups in total. The second-order valence-corrected chi connectivity index (χ2v) is 9.37. The molecule has 0 unspecified atom stereocenters. The molecule has 134 valence electrons. The van der Waals surface area contributed by atoms with Crippen molar-refractivity contribution in [1.82, 2.24) is 0 Å². The Morgan fingerprint density at radius 3 is 1.78 bits per heavy atom. The summed E-state index contributed by atoms with van der Waals surface area (Å²) < 4.78 is 4.90. The van der Waals surface area contributed by atoms with Gasteiger partial charge in [-0.15, -0.1) is 23.2 Å². The first-order chi connectivity index (χ1) is 11.0. The first-order valence-electron chi connectivity index (χ1n) is 8.88. The van der Waals surface area contributed by atoms with Gasteiger partial charge in [-0.2, -0.15) is 0 Å². The van der Waals surface area contributed by atoms with E-state index in [0.29, 0.717) is 21.7 Å². The third kappa shape index (κ3) is 18.2. The molecule has 2 nitrogen and oxygen atoms in total. The number of rotatable bonds is 16. The Kier molecular flexibility index (Phi) is 16.9. The Hall–Kier alpha value is 0.00688. The Bertz CT molecular complexity index is 309. The van der Waals surface area contributed by atoms with Gasteiger partial charge in [0.05, 0.1) is 20.6 Å². The summed E-state index contributed by atoms with van der Waals surface area (Å²) in [5, 5.41) is 0. The molecule has 0 rings (SSSR count). The third-order valence-electron chi connectivity index (χ3n) is 3.70. The molecule has 0 aliphatic rings. The Morgan fingerprint density at radius 2 is 1.35 bits per heavy atom. The standard InChI is InChI=1S/C18H32Cl2O2Si/c1-16(2)17(21)22-14-12-10-8-6-4-3-5-7-9-11-13-15-23-18(19)20/h18H,1,3-15H2,2H3. The Labute approximate surface area is 155 Å². The largest absolute Gasteiger partial charge is 0.462 e. The number of ether oxygens (including phenoxy) is 1. The van der Waals surface area contributed by atoms with E-state index in [4.69, 9.17) is 27.9 Å². The van der Waals surface area contributed by atoms with Crippen LogP contribution >= 0.6 is 23.2 Å². The molecule has 0 saturated carbocycles. The van der Waals surface area contributed by atoms with Crippen molar-refractivity contribution in [3.63, 3.8) is 0 Å². The van der Waals surface area contributed by atoms with Gasteiger partial charge in [0.1, 0.15) is 0 Å². The van der Waals surface area contributed by atoms with Crippen LogP contribution in [0, 0.1) is 0 Å². The molecule has 23 heavy (non-hydrogen) atoms. The summed E-state index contributed by atoms with van der Waals surface area (Å²) in [5.41, 5.74) is 0.479. The minimum absolute atomic E-state index is 0.159. The number of esters is 1. The quantitative estimate of drug-likeness (QED) is 0.104. The molecule has 0 saturated heterocycles. The lowest BCUT2D eigenvalue weighted by molar-refractivity contribution is -0.139. The van der Waals surface area contributed by atoms with Crippen LogP contribution in [0.1, 0.15) is 77.6 Å². The number of alkyl halides is 2. The van der Waals surface area contributed by atoms with Gasteiger partial charge < -0.3 is 4.74 Å². The zero-order chi connectivity index (χ0) is 17.3. The van der Waals surface area contributed by atoms with E-state index in [1.165, 1.54) is 63.8 Å². The van der Waals surface area contributed by atoms with Gasteiger partial charge in [-0.05, 0) is 13.3 Å². The van der Waals surface area contributed by atoms with Gasteiger partial charge in [0, 0.05) is 5.57 Å². The SMILES string of the molecule is C=C(C)C(=O)OCCCCCCCCCCCCC[Si]C(Cl)Cl. The number of halogens is 2. The molecular weight excluding hydrogens is 347 g/mol. The van der Waals surface area contributed by atoms with E-state index in [9.17, 15) is 4.79 Å². The van der Waals surface area contributed by atoms with Crippen molar-refractivity contribution in [3.05, 3.63) is 12.2 Å². The number of hydrogen-bond donors (Lipinski definition) is 0. The van der Waals surface area contributed by atoms with Crippen LogP contribution in [0.2, 0.25) is 6.04 Å². The van der Waals surface area contributed by atoms with E-state index < -0.39 is 0 Å². The summed E-state index contributed by atoms with van der Waals surface area (Å²) in [4.78, 5) is 11.2. The average molecular weight is 379 g/mol. The predicted molar refractivity (Wildman–Crippen MR) is 103 cm³/mol. The fourth-order valence-electron chi connectivity index (χ4n) is 2.32. The first-order valence-corrected chi connectivity index (χ1v) is 11.0. The van der Waals surface area contributed by atoms with E-state index in [1.54, 1.807) is 6.92 Å². The second kappa shape index (κ2) is 16.9.